The Morgan fingerprint density at radius 2 is 2.19 bits per heavy atom. The van der Waals surface area contributed by atoms with Gasteiger partial charge in [0, 0.05) is 5.92 Å². The monoisotopic (exact) mass is 293 g/mol. The first-order valence-electron chi connectivity index (χ1n) is 7.79. The number of rotatable bonds is 5. The van der Waals surface area contributed by atoms with Gasteiger partial charge in [-0.25, -0.2) is 4.39 Å². The van der Waals surface area contributed by atoms with Crippen LogP contribution in [0.2, 0.25) is 0 Å². The Balaban J connectivity index is 1.79. The second kappa shape index (κ2) is 7.55. The number of benzene rings is 1. The SMILES string of the molecule is CC(CCc1cccc(F)c1)C(=O)NC1CCCCC1O. The topological polar surface area (TPSA) is 49.3 Å². The van der Waals surface area contributed by atoms with E-state index in [1.165, 1.54) is 12.1 Å². The van der Waals surface area contributed by atoms with Crippen molar-refractivity contribution < 1.29 is 14.3 Å². The van der Waals surface area contributed by atoms with Gasteiger partial charge in [-0.05, 0) is 43.4 Å². The molecule has 2 rings (SSSR count). The quantitative estimate of drug-likeness (QED) is 0.877. The molecule has 0 bridgehead atoms. The fraction of sp³-hybridized carbons (Fsp3) is 0.588. The Kier molecular flexibility index (Phi) is 5.74. The molecule has 0 spiro atoms. The highest BCUT2D eigenvalue weighted by Crippen LogP contribution is 2.19. The largest absolute Gasteiger partial charge is 0.391 e. The first-order chi connectivity index (χ1) is 10.1. The van der Waals surface area contributed by atoms with Gasteiger partial charge in [-0.2, -0.15) is 0 Å². The third-order valence-electron chi connectivity index (χ3n) is 4.26. The molecule has 0 heterocycles. The van der Waals surface area contributed by atoms with E-state index in [2.05, 4.69) is 5.32 Å². The molecule has 21 heavy (non-hydrogen) atoms. The minimum Gasteiger partial charge on any atom is -0.391 e. The number of carbonyl (C=O) groups is 1. The first kappa shape index (κ1) is 16.0. The molecule has 1 aliphatic carbocycles. The molecule has 4 heteroatoms. The van der Waals surface area contributed by atoms with Crippen LogP contribution in [-0.4, -0.2) is 23.2 Å². The fourth-order valence-electron chi connectivity index (χ4n) is 2.81. The fourth-order valence-corrected chi connectivity index (χ4v) is 2.81. The molecule has 1 amide bonds. The molecule has 116 valence electrons. The van der Waals surface area contributed by atoms with Gasteiger partial charge >= 0.3 is 0 Å². The number of halogens is 1. The predicted octanol–water partition coefficient (Wildman–Crippen LogP) is 2.81. The van der Waals surface area contributed by atoms with Crippen molar-refractivity contribution in [2.24, 2.45) is 5.92 Å². The summed E-state index contributed by atoms with van der Waals surface area (Å²) in [5.41, 5.74) is 0.910. The molecule has 1 aliphatic rings. The number of amides is 1. The van der Waals surface area contributed by atoms with E-state index in [4.69, 9.17) is 0 Å². The van der Waals surface area contributed by atoms with Crippen LogP contribution in [0.15, 0.2) is 24.3 Å². The van der Waals surface area contributed by atoms with E-state index in [0.717, 1.165) is 31.2 Å². The second-order valence-corrected chi connectivity index (χ2v) is 6.04. The van der Waals surface area contributed by atoms with Gasteiger partial charge in [0.15, 0.2) is 0 Å². The highest BCUT2D eigenvalue weighted by molar-refractivity contribution is 5.78. The third kappa shape index (κ3) is 4.81. The molecular formula is C17H24FNO2. The summed E-state index contributed by atoms with van der Waals surface area (Å²) in [6, 6.07) is 6.38. The van der Waals surface area contributed by atoms with Crippen LogP contribution in [0.5, 0.6) is 0 Å². The number of hydrogen-bond donors (Lipinski definition) is 2. The minimum absolute atomic E-state index is 0.0163. The van der Waals surface area contributed by atoms with E-state index in [9.17, 15) is 14.3 Å². The van der Waals surface area contributed by atoms with Crippen LogP contribution in [0.4, 0.5) is 4.39 Å². The van der Waals surface area contributed by atoms with Gasteiger partial charge in [-0.1, -0.05) is 31.9 Å². The molecule has 0 radical (unpaired) electrons. The standard InChI is InChI=1S/C17H24FNO2/c1-12(9-10-13-5-4-6-14(18)11-13)17(21)19-15-7-2-3-8-16(15)20/h4-6,11-12,15-16,20H,2-3,7-10H2,1H3,(H,19,21). The second-order valence-electron chi connectivity index (χ2n) is 6.04. The van der Waals surface area contributed by atoms with Crippen molar-refractivity contribution >= 4 is 5.91 Å². The molecule has 0 aliphatic heterocycles. The van der Waals surface area contributed by atoms with E-state index in [-0.39, 0.29) is 23.7 Å². The van der Waals surface area contributed by atoms with Gasteiger partial charge < -0.3 is 10.4 Å². The van der Waals surface area contributed by atoms with Crippen LogP contribution in [0.3, 0.4) is 0 Å². The number of nitrogens with one attached hydrogen (secondary N) is 1. The number of aliphatic hydroxyl groups is 1. The lowest BCUT2D eigenvalue weighted by molar-refractivity contribution is -0.126. The van der Waals surface area contributed by atoms with Crippen molar-refractivity contribution in [3.8, 4) is 0 Å². The summed E-state index contributed by atoms with van der Waals surface area (Å²) in [5.74, 6) is -0.394. The van der Waals surface area contributed by atoms with Crippen LogP contribution < -0.4 is 5.32 Å². The van der Waals surface area contributed by atoms with Crippen molar-refractivity contribution in [1.29, 1.82) is 0 Å². The average Bonchev–Trinajstić information content (AvgIpc) is 2.47. The molecule has 1 fully saturated rings. The third-order valence-corrected chi connectivity index (χ3v) is 4.26. The molecule has 2 N–H and O–H groups in total. The maximum Gasteiger partial charge on any atom is 0.223 e. The van der Waals surface area contributed by atoms with E-state index in [0.29, 0.717) is 12.8 Å². The molecule has 0 aromatic heterocycles. The van der Waals surface area contributed by atoms with Crippen molar-refractivity contribution in [2.45, 2.75) is 57.6 Å². The zero-order valence-electron chi connectivity index (χ0n) is 12.5. The van der Waals surface area contributed by atoms with E-state index < -0.39 is 6.10 Å². The van der Waals surface area contributed by atoms with Crippen LogP contribution in [0.1, 0.15) is 44.6 Å². The Labute approximate surface area is 125 Å². The van der Waals surface area contributed by atoms with Gasteiger partial charge in [0.1, 0.15) is 5.82 Å². The van der Waals surface area contributed by atoms with Crippen LogP contribution in [-0.2, 0) is 11.2 Å². The highest BCUT2D eigenvalue weighted by Gasteiger charge is 2.26. The van der Waals surface area contributed by atoms with E-state index in [1.54, 1.807) is 6.07 Å². The lowest BCUT2D eigenvalue weighted by atomic mass is 9.91. The molecule has 1 saturated carbocycles. The van der Waals surface area contributed by atoms with Crippen LogP contribution in [0, 0.1) is 11.7 Å². The lowest BCUT2D eigenvalue weighted by Crippen LogP contribution is -2.46. The molecule has 3 unspecified atom stereocenters. The summed E-state index contributed by atoms with van der Waals surface area (Å²) >= 11 is 0. The van der Waals surface area contributed by atoms with Crippen molar-refractivity contribution in [1.82, 2.24) is 5.32 Å². The van der Waals surface area contributed by atoms with E-state index >= 15 is 0 Å². The molecule has 1 aromatic carbocycles. The Bertz CT molecular complexity index is 478. The molecule has 3 nitrogen and oxygen atoms in total. The number of carbonyl (C=O) groups excluding carboxylic acids is 1. The molecule has 3 atom stereocenters. The van der Waals surface area contributed by atoms with E-state index in [1.807, 2.05) is 13.0 Å². The number of aryl methyl sites for hydroxylation is 1. The summed E-state index contributed by atoms with van der Waals surface area (Å²) in [7, 11) is 0. The smallest absolute Gasteiger partial charge is 0.223 e. The molecule has 1 aromatic rings. The number of aliphatic hydroxyl groups excluding tert-OH is 1. The Morgan fingerprint density at radius 3 is 2.90 bits per heavy atom. The highest BCUT2D eigenvalue weighted by atomic mass is 19.1. The summed E-state index contributed by atoms with van der Waals surface area (Å²) < 4.78 is 13.1. The summed E-state index contributed by atoms with van der Waals surface area (Å²) in [6.07, 6.45) is 4.64. The summed E-state index contributed by atoms with van der Waals surface area (Å²) in [4.78, 5) is 12.1. The normalized spacial score (nSPS) is 23.6. The minimum atomic E-state index is -0.418. The summed E-state index contributed by atoms with van der Waals surface area (Å²) in [6.45, 7) is 1.88. The zero-order chi connectivity index (χ0) is 15.2. The van der Waals surface area contributed by atoms with Crippen LogP contribution in [0.25, 0.3) is 0 Å². The Hall–Kier alpha value is -1.42. The predicted molar refractivity (Wildman–Crippen MR) is 80.3 cm³/mol. The van der Waals surface area contributed by atoms with Crippen LogP contribution >= 0.6 is 0 Å². The maximum absolute atomic E-state index is 13.1. The number of hydrogen-bond acceptors (Lipinski definition) is 2. The lowest BCUT2D eigenvalue weighted by Gasteiger charge is -2.29. The van der Waals surface area contributed by atoms with Gasteiger partial charge in [-0.3, -0.25) is 4.79 Å². The molecular weight excluding hydrogens is 269 g/mol. The maximum atomic E-state index is 13.1. The first-order valence-corrected chi connectivity index (χ1v) is 7.79. The van der Waals surface area contributed by atoms with Gasteiger partial charge in [0.25, 0.3) is 0 Å². The van der Waals surface area contributed by atoms with Crippen molar-refractivity contribution in [3.05, 3.63) is 35.6 Å². The van der Waals surface area contributed by atoms with Gasteiger partial charge in [-0.15, -0.1) is 0 Å². The average molecular weight is 293 g/mol. The Morgan fingerprint density at radius 1 is 1.43 bits per heavy atom. The zero-order valence-corrected chi connectivity index (χ0v) is 12.5. The van der Waals surface area contributed by atoms with Crippen molar-refractivity contribution in [3.63, 3.8) is 0 Å². The summed E-state index contributed by atoms with van der Waals surface area (Å²) in [5, 5.41) is 12.8. The van der Waals surface area contributed by atoms with Crippen molar-refractivity contribution in [2.75, 3.05) is 0 Å². The molecule has 0 saturated heterocycles. The van der Waals surface area contributed by atoms with Gasteiger partial charge in [0.2, 0.25) is 5.91 Å². The van der Waals surface area contributed by atoms with Gasteiger partial charge in [0.05, 0.1) is 12.1 Å².